The molecule has 1 fully saturated rings. The zero-order valence-corrected chi connectivity index (χ0v) is 17.7. The molecule has 1 saturated heterocycles. The Balaban J connectivity index is 1.43. The van der Waals surface area contributed by atoms with Gasteiger partial charge in [-0.2, -0.15) is 4.31 Å². The number of rotatable bonds is 5. The number of nitrogens with zero attached hydrogens (tertiary/aromatic N) is 2. The average Bonchev–Trinajstić information content (AvgIpc) is 3.30. The van der Waals surface area contributed by atoms with E-state index in [4.69, 9.17) is 5.21 Å². The molecule has 156 valence electrons. The fourth-order valence-electron chi connectivity index (χ4n) is 3.58. The van der Waals surface area contributed by atoms with Crippen LogP contribution in [0.3, 0.4) is 0 Å². The van der Waals surface area contributed by atoms with Crippen molar-refractivity contribution in [2.24, 2.45) is 0 Å². The van der Waals surface area contributed by atoms with Crippen LogP contribution < -0.4 is 5.48 Å². The van der Waals surface area contributed by atoms with Crippen LogP contribution in [0.1, 0.15) is 33.4 Å². The molecule has 7 nitrogen and oxygen atoms in total. The zero-order valence-electron chi connectivity index (χ0n) is 16.1. The van der Waals surface area contributed by atoms with Gasteiger partial charge in [0, 0.05) is 19.0 Å². The van der Waals surface area contributed by atoms with Gasteiger partial charge in [0.05, 0.1) is 16.1 Å². The number of nitrogens with one attached hydrogen (secondary N) is 1. The topological polar surface area (TPSA) is 99.6 Å². The van der Waals surface area contributed by atoms with Crippen LogP contribution in [0.15, 0.2) is 65.7 Å². The maximum Gasteiger partial charge on any atom is 0.286 e. The second-order valence-corrected chi connectivity index (χ2v) is 10.1. The highest BCUT2D eigenvalue weighted by Gasteiger charge is 2.31. The monoisotopic (exact) mass is 443 g/mol. The normalized spacial score (nSPS) is 15.8. The summed E-state index contributed by atoms with van der Waals surface area (Å²) in [5.41, 5.74) is 3.61. The molecule has 1 aliphatic heterocycles. The van der Waals surface area contributed by atoms with E-state index in [1.807, 2.05) is 42.5 Å². The molecule has 2 N–H and O–H groups in total. The van der Waals surface area contributed by atoms with E-state index in [1.54, 1.807) is 17.6 Å². The number of piperidine rings is 1. The lowest BCUT2D eigenvalue weighted by Crippen LogP contribution is -2.37. The van der Waals surface area contributed by atoms with Gasteiger partial charge in [-0.25, -0.2) is 18.9 Å². The maximum atomic E-state index is 13.0. The summed E-state index contributed by atoms with van der Waals surface area (Å²) in [6.45, 7) is 0.795. The molecular weight excluding hydrogens is 422 g/mol. The number of hydroxylamine groups is 1. The molecule has 0 spiro atoms. The molecule has 0 saturated carbocycles. The summed E-state index contributed by atoms with van der Waals surface area (Å²) in [7, 11) is -3.56. The van der Waals surface area contributed by atoms with Gasteiger partial charge in [0.25, 0.3) is 5.91 Å². The Morgan fingerprint density at radius 2 is 1.67 bits per heavy atom. The molecule has 3 aromatic rings. The molecule has 2 heterocycles. The maximum absolute atomic E-state index is 13.0. The summed E-state index contributed by atoms with van der Waals surface area (Å²) < 4.78 is 27.6. The Bertz CT molecular complexity index is 1120. The van der Waals surface area contributed by atoms with E-state index in [0.29, 0.717) is 30.8 Å². The van der Waals surface area contributed by atoms with Crippen LogP contribution in [0.2, 0.25) is 0 Å². The highest BCUT2D eigenvalue weighted by atomic mass is 32.2. The fourth-order valence-corrected chi connectivity index (χ4v) is 6.03. The SMILES string of the molecule is O=C(NO)c1cnc(C2CCN(S(=O)(=O)c3ccc(-c4ccccc4)cc3)CC2)s1. The number of benzene rings is 2. The lowest BCUT2D eigenvalue weighted by atomic mass is 9.99. The van der Waals surface area contributed by atoms with Gasteiger partial charge in [-0.1, -0.05) is 42.5 Å². The molecule has 1 aliphatic rings. The predicted molar refractivity (Wildman–Crippen MR) is 114 cm³/mol. The van der Waals surface area contributed by atoms with Gasteiger partial charge in [-0.3, -0.25) is 10.0 Å². The molecule has 4 rings (SSSR count). The molecule has 0 unspecified atom stereocenters. The number of sulfonamides is 1. The first-order valence-corrected chi connectivity index (χ1v) is 11.8. The van der Waals surface area contributed by atoms with Crippen molar-refractivity contribution in [2.75, 3.05) is 13.1 Å². The number of hydrogen-bond donors (Lipinski definition) is 2. The molecular formula is C21H21N3O4S2. The number of thiazole rings is 1. The van der Waals surface area contributed by atoms with Gasteiger partial charge < -0.3 is 0 Å². The van der Waals surface area contributed by atoms with Crippen LogP contribution in [0.25, 0.3) is 11.1 Å². The van der Waals surface area contributed by atoms with Crippen LogP contribution in [-0.2, 0) is 10.0 Å². The van der Waals surface area contributed by atoms with E-state index in [0.717, 1.165) is 16.1 Å². The number of carbonyl (C=O) groups is 1. The lowest BCUT2D eigenvalue weighted by Gasteiger charge is -2.30. The third-order valence-electron chi connectivity index (χ3n) is 5.25. The van der Waals surface area contributed by atoms with Crippen LogP contribution in [0.5, 0.6) is 0 Å². The van der Waals surface area contributed by atoms with Crippen molar-refractivity contribution in [3.8, 4) is 11.1 Å². The third-order valence-corrected chi connectivity index (χ3v) is 8.32. The van der Waals surface area contributed by atoms with E-state index in [2.05, 4.69) is 4.98 Å². The minimum absolute atomic E-state index is 0.0992. The highest BCUT2D eigenvalue weighted by molar-refractivity contribution is 7.89. The summed E-state index contributed by atoms with van der Waals surface area (Å²) in [5.74, 6) is -0.486. The van der Waals surface area contributed by atoms with Gasteiger partial charge in [-0.15, -0.1) is 11.3 Å². The molecule has 0 aliphatic carbocycles. The molecule has 9 heteroatoms. The van der Waals surface area contributed by atoms with Crippen molar-refractivity contribution in [2.45, 2.75) is 23.7 Å². The van der Waals surface area contributed by atoms with Crippen LogP contribution in [-0.4, -0.2) is 41.9 Å². The van der Waals surface area contributed by atoms with Crippen molar-refractivity contribution in [3.63, 3.8) is 0 Å². The Kier molecular flexibility index (Phi) is 5.96. The van der Waals surface area contributed by atoms with E-state index in [-0.39, 0.29) is 10.8 Å². The van der Waals surface area contributed by atoms with Crippen LogP contribution in [0, 0.1) is 0 Å². The lowest BCUT2D eigenvalue weighted by molar-refractivity contribution is 0.0710. The minimum atomic E-state index is -3.56. The van der Waals surface area contributed by atoms with E-state index in [1.165, 1.54) is 21.8 Å². The largest absolute Gasteiger partial charge is 0.288 e. The Hall–Kier alpha value is -2.59. The van der Waals surface area contributed by atoms with Gasteiger partial charge in [-0.05, 0) is 36.1 Å². The van der Waals surface area contributed by atoms with Gasteiger partial charge >= 0.3 is 0 Å². The van der Waals surface area contributed by atoms with Crippen LogP contribution in [0.4, 0.5) is 0 Å². The Labute approximate surface area is 179 Å². The van der Waals surface area contributed by atoms with E-state index < -0.39 is 15.9 Å². The molecule has 0 bridgehead atoms. The predicted octanol–water partition coefficient (Wildman–Crippen LogP) is 3.50. The Morgan fingerprint density at radius 3 is 2.30 bits per heavy atom. The highest BCUT2D eigenvalue weighted by Crippen LogP contribution is 2.33. The van der Waals surface area contributed by atoms with Crippen molar-refractivity contribution in [1.29, 1.82) is 0 Å². The van der Waals surface area contributed by atoms with Gasteiger partial charge in [0.15, 0.2) is 0 Å². The second kappa shape index (κ2) is 8.65. The molecule has 30 heavy (non-hydrogen) atoms. The first-order valence-electron chi connectivity index (χ1n) is 9.55. The molecule has 1 amide bonds. The van der Waals surface area contributed by atoms with E-state index in [9.17, 15) is 13.2 Å². The zero-order chi connectivity index (χ0) is 21.1. The second-order valence-electron chi connectivity index (χ2n) is 7.07. The number of aromatic nitrogens is 1. The molecule has 0 atom stereocenters. The first kappa shape index (κ1) is 20.7. The third kappa shape index (κ3) is 4.15. The van der Waals surface area contributed by atoms with Crippen molar-refractivity contribution in [1.82, 2.24) is 14.8 Å². The first-order chi connectivity index (χ1) is 14.5. The fraction of sp³-hybridized carbons (Fsp3) is 0.238. The summed E-state index contributed by atoms with van der Waals surface area (Å²) in [6.07, 6.45) is 2.70. The number of amides is 1. The minimum Gasteiger partial charge on any atom is -0.288 e. The summed E-state index contributed by atoms with van der Waals surface area (Å²) in [5, 5.41) is 9.52. The van der Waals surface area contributed by atoms with Crippen molar-refractivity contribution < 1.29 is 18.4 Å². The standard InChI is InChI=1S/C21H21N3O4S2/c25-20(23-26)19-14-22-21(29-19)17-10-12-24(13-11-17)30(27,28)18-8-6-16(7-9-18)15-4-2-1-3-5-15/h1-9,14,17,26H,10-13H2,(H,23,25). The van der Waals surface area contributed by atoms with E-state index >= 15 is 0 Å². The van der Waals surface area contributed by atoms with Gasteiger partial charge in [0.2, 0.25) is 10.0 Å². The average molecular weight is 444 g/mol. The number of hydrogen-bond acceptors (Lipinski definition) is 6. The van der Waals surface area contributed by atoms with Crippen molar-refractivity contribution in [3.05, 3.63) is 70.7 Å². The molecule has 1 aromatic heterocycles. The summed E-state index contributed by atoms with van der Waals surface area (Å²) in [6, 6.07) is 16.8. The van der Waals surface area contributed by atoms with Gasteiger partial charge in [0.1, 0.15) is 4.88 Å². The van der Waals surface area contributed by atoms with Crippen LogP contribution >= 0.6 is 11.3 Å². The van der Waals surface area contributed by atoms with Crippen molar-refractivity contribution >= 4 is 27.3 Å². The molecule has 0 radical (unpaired) electrons. The quantitative estimate of drug-likeness (QED) is 0.464. The Morgan fingerprint density at radius 1 is 1.03 bits per heavy atom. The smallest absolute Gasteiger partial charge is 0.286 e. The number of carbonyl (C=O) groups excluding carboxylic acids is 1. The summed E-state index contributed by atoms with van der Waals surface area (Å²) in [4.78, 5) is 16.4. The summed E-state index contributed by atoms with van der Waals surface area (Å²) >= 11 is 1.23. The molecule has 2 aromatic carbocycles.